The van der Waals surface area contributed by atoms with Gasteiger partial charge in [0, 0.05) is 33.6 Å². The number of anilines is 6. The molecule has 0 aromatic heterocycles. The van der Waals surface area contributed by atoms with Gasteiger partial charge in [-0.2, -0.15) is 0 Å². The van der Waals surface area contributed by atoms with Crippen LogP contribution in [0.5, 0.6) is 0 Å². The standard InChI is InChI=1S/C57H38N2/c1-4-23-41(24-5-1)58(42-25-6-2-7-26-42)52-37-19-35-50-54(52)46-31-14-16-33-48(46)57(50)49-34-17-15-32-47(49)55-53(38-40-21-11-13-30-45(40)56(55)57)59(43-27-8-3-9-28-43)51-36-18-22-39-20-10-12-29-44(39)51/h1-38H. The third-order valence-corrected chi connectivity index (χ3v) is 12.6. The van der Waals surface area contributed by atoms with Crippen LogP contribution < -0.4 is 9.80 Å². The van der Waals surface area contributed by atoms with Gasteiger partial charge in [0.25, 0.3) is 0 Å². The molecule has 1 atom stereocenters. The molecule has 0 aliphatic heterocycles. The lowest BCUT2D eigenvalue weighted by molar-refractivity contribution is 0.801. The van der Waals surface area contributed by atoms with E-state index in [9.17, 15) is 0 Å². The summed E-state index contributed by atoms with van der Waals surface area (Å²) in [5, 5.41) is 4.91. The van der Waals surface area contributed by atoms with Crippen molar-refractivity contribution in [2.75, 3.05) is 9.80 Å². The van der Waals surface area contributed by atoms with Gasteiger partial charge in [0.15, 0.2) is 0 Å². The minimum atomic E-state index is -0.594. The Labute approximate surface area is 344 Å². The topological polar surface area (TPSA) is 6.48 Å². The third kappa shape index (κ3) is 4.81. The lowest BCUT2D eigenvalue weighted by Gasteiger charge is -2.34. The molecule has 2 nitrogen and oxygen atoms in total. The number of fused-ring (bicyclic) bond motifs is 13. The molecule has 1 unspecified atom stereocenters. The highest BCUT2D eigenvalue weighted by Gasteiger charge is 2.54. The van der Waals surface area contributed by atoms with Crippen molar-refractivity contribution in [2.45, 2.75) is 5.41 Å². The van der Waals surface area contributed by atoms with Gasteiger partial charge < -0.3 is 9.80 Å². The van der Waals surface area contributed by atoms with E-state index in [0.717, 1.165) is 28.4 Å². The van der Waals surface area contributed by atoms with Crippen molar-refractivity contribution in [3.8, 4) is 22.3 Å². The smallest absolute Gasteiger partial charge is 0.0733 e. The van der Waals surface area contributed by atoms with E-state index in [1.165, 1.54) is 71.7 Å². The first-order valence-corrected chi connectivity index (χ1v) is 20.4. The van der Waals surface area contributed by atoms with Crippen molar-refractivity contribution in [1.29, 1.82) is 0 Å². The fraction of sp³-hybridized carbons (Fsp3) is 0.0175. The van der Waals surface area contributed by atoms with Crippen molar-refractivity contribution in [1.82, 2.24) is 0 Å². The lowest BCUT2D eigenvalue weighted by Crippen LogP contribution is -2.26. The van der Waals surface area contributed by atoms with E-state index in [0.29, 0.717) is 0 Å². The second-order valence-corrected chi connectivity index (χ2v) is 15.6. The summed E-state index contributed by atoms with van der Waals surface area (Å²) in [6.45, 7) is 0. The molecule has 0 amide bonds. The molecular weight excluding hydrogens is 713 g/mol. The summed E-state index contributed by atoms with van der Waals surface area (Å²) < 4.78 is 0. The molecule has 0 bridgehead atoms. The molecule has 2 aliphatic rings. The SMILES string of the molecule is c1ccc(N(c2ccccc2)c2cccc3c2-c2ccccc2C32c3ccccc3-c3c(N(c4ccccc4)c4cccc5ccccc45)cc4ccccc4c32)cc1. The molecule has 1 spiro atoms. The molecule has 0 saturated heterocycles. The van der Waals surface area contributed by atoms with Crippen LogP contribution in [0.1, 0.15) is 22.3 Å². The van der Waals surface area contributed by atoms with E-state index in [4.69, 9.17) is 0 Å². The Kier molecular flexibility index (Phi) is 7.48. The Bertz CT molecular complexity index is 3180. The van der Waals surface area contributed by atoms with E-state index in [-0.39, 0.29) is 0 Å². The van der Waals surface area contributed by atoms with Gasteiger partial charge in [0.1, 0.15) is 0 Å². The normalized spacial score (nSPS) is 14.5. The second-order valence-electron chi connectivity index (χ2n) is 15.6. The highest BCUT2D eigenvalue weighted by molar-refractivity contribution is 6.12. The Morgan fingerprint density at radius 2 is 0.746 bits per heavy atom. The molecule has 2 heteroatoms. The van der Waals surface area contributed by atoms with Gasteiger partial charge in [-0.25, -0.2) is 0 Å². The van der Waals surface area contributed by atoms with Crippen LogP contribution in [0.2, 0.25) is 0 Å². The summed E-state index contributed by atoms with van der Waals surface area (Å²) in [7, 11) is 0. The molecule has 59 heavy (non-hydrogen) atoms. The number of nitrogens with zero attached hydrogens (tertiary/aromatic N) is 2. The zero-order chi connectivity index (χ0) is 38.9. The van der Waals surface area contributed by atoms with Gasteiger partial charge in [0.05, 0.1) is 22.5 Å². The maximum atomic E-state index is 2.51. The zero-order valence-corrected chi connectivity index (χ0v) is 32.3. The molecule has 0 heterocycles. The van der Waals surface area contributed by atoms with Gasteiger partial charge in [-0.05, 0) is 104 Å². The predicted molar refractivity (Wildman–Crippen MR) is 247 cm³/mol. The summed E-state index contributed by atoms with van der Waals surface area (Å²) in [6, 6.07) is 84.8. The molecule has 10 aromatic carbocycles. The fourth-order valence-corrected chi connectivity index (χ4v) is 10.4. The number of para-hydroxylation sites is 3. The molecule has 0 fully saturated rings. The van der Waals surface area contributed by atoms with Crippen LogP contribution in [-0.2, 0) is 5.41 Å². The van der Waals surface area contributed by atoms with Crippen LogP contribution in [0.3, 0.4) is 0 Å². The predicted octanol–water partition coefficient (Wildman–Crippen LogP) is 15.3. The molecule has 0 radical (unpaired) electrons. The monoisotopic (exact) mass is 750 g/mol. The van der Waals surface area contributed by atoms with Gasteiger partial charge in [-0.3, -0.25) is 0 Å². The quantitative estimate of drug-likeness (QED) is 0.167. The van der Waals surface area contributed by atoms with Crippen molar-refractivity contribution in [2.24, 2.45) is 0 Å². The van der Waals surface area contributed by atoms with Gasteiger partial charge in [-0.15, -0.1) is 0 Å². The lowest BCUT2D eigenvalue weighted by atomic mass is 9.69. The maximum absolute atomic E-state index is 2.51. The van der Waals surface area contributed by atoms with Crippen molar-refractivity contribution >= 4 is 55.7 Å². The first-order chi connectivity index (χ1) is 29.3. The second kappa shape index (κ2) is 13.2. The van der Waals surface area contributed by atoms with Crippen LogP contribution >= 0.6 is 0 Å². The van der Waals surface area contributed by atoms with Crippen molar-refractivity contribution in [3.63, 3.8) is 0 Å². The van der Waals surface area contributed by atoms with E-state index in [2.05, 4.69) is 240 Å². The van der Waals surface area contributed by atoms with Crippen molar-refractivity contribution < 1.29 is 0 Å². The average molecular weight is 751 g/mol. The Morgan fingerprint density at radius 3 is 1.41 bits per heavy atom. The average Bonchev–Trinajstić information content (AvgIpc) is 3.79. The largest absolute Gasteiger partial charge is 0.310 e. The molecule has 10 aromatic rings. The summed E-state index contributed by atoms with van der Waals surface area (Å²) >= 11 is 0. The number of hydrogen-bond donors (Lipinski definition) is 0. The first kappa shape index (κ1) is 33.5. The van der Waals surface area contributed by atoms with Crippen LogP contribution in [0, 0.1) is 0 Å². The van der Waals surface area contributed by atoms with E-state index >= 15 is 0 Å². The van der Waals surface area contributed by atoms with Crippen LogP contribution in [0.25, 0.3) is 43.8 Å². The molecule has 0 N–H and O–H groups in total. The Morgan fingerprint density at radius 1 is 0.288 bits per heavy atom. The molecular formula is C57H38N2. The molecule has 276 valence electrons. The van der Waals surface area contributed by atoms with E-state index < -0.39 is 5.41 Å². The molecule has 0 saturated carbocycles. The van der Waals surface area contributed by atoms with Crippen molar-refractivity contribution in [3.05, 3.63) is 253 Å². The maximum Gasteiger partial charge on any atom is 0.0733 e. The minimum Gasteiger partial charge on any atom is -0.310 e. The molecule has 2 aliphatic carbocycles. The van der Waals surface area contributed by atoms with Gasteiger partial charge in [0.2, 0.25) is 0 Å². The third-order valence-electron chi connectivity index (χ3n) is 12.6. The zero-order valence-electron chi connectivity index (χ0n) is 32.3. The minimum absolute atomic E-state index is 0.594. The fourth-order valence-electron chi connectivity index (χ4n) is 10.4. The van der Waals surface area contributed by atoms with E-state index in [1.54, 1.807) is 0 Å². The summed E-state index contributed by atoms with van der Waals surface area (Å²) in [6.07, 6.45) is 0. The summed E-state index contributed by atoms with van der Waals surface area (Å²) in [4.78, 5) is 4.94. The van der Waals surface area contributed by atoms with Crippen LogP contribution in [-0.4, -0.2) is 0 Å². The highest BCUT2D eigenvalue weighted by atomic mass is 15.2. The number of rotatable bonds is 6. The van der Waals surface area contributed by atoms with Gasteiger partial charge >= 0.3 is 0 Å². The highest BCUT2D eigenvalue weighted by Crippen LogP contribution is 2.67. The number of benzene rings is 10. The van der Waals surface area contributed by atoms with Gasteiger partial charge in [-0.1, -0.05) is 176 Å². The van der Waals surface area contributed by atoms with Crippen LogP contribution in [0.4, 0.5) is 34.1 Å². The summed E-state index contributed by atoms with van der Waals surface area (Å²) in [5.74, 6) is 0. The summed E-state index contributed by atoms with van der Waals surface area (Å²) in [5.41, 5.74) is 16.6. The Balaban J connectivity index is 1.23. The Hall–Kier alpha value is -7.68. The first-order valence-electron chi connectivity index (χ1n) is 20.4. The number of hydrogen-bond acceptors (Lipinski definition) is 2. The van der Waals surface area contributed by atoms with Crippen LogP contribution in [0.15, 0.2) is 231 Å². The molecule has 12 rings (SSSR count). The van der Waals surface area contributed by atoms with E-state index in [1.807, 2.05) is 0 Å².